The molecule has 262 valence electrons. The van der Waals surface area contributed by atoms with E-state index in [1.807, 2.05) is 54.6 Å². The minimum atomic E-state index is 0.283. The molecule has 0 atom stereocenters. The van der Waals surface area contributed by atoms with E-state index >= 15 is 0 Å². The minimum Gasteiger partial charge on any atom is -0.320 e. The first kappa shape index (κ1) is 32.1. The highest BCUT2D eigenvalue weighted by molar-refractivity contribution is 6.24. The number of para-hydroxylation sites is 5. The first-order valence-corrected chi connectivity index (χ1v) is 18.7. The van der Waals surface area contributed by atoms with Gasteiger partial charge >= 0.3 is 0 Å². The minimum absolute atomic E-state index is 0.283. The van der Waals surface area contributed by atoms with Crippen LogP contribution in [0.2, 0.25) is 0 Å². The topological polar surface area (TPSA) is 47.3 Å². The Bertz CT molecular complexity index is 3560. The van der Waals surface area contributed by atoms with Gasteiger partial charge in [0, 0.05) is 43.7 Å². The summed E-state index contributed by atoms with van der Waals surface area (Å²) in [6.07, 6.45) is 0. The maximum Gasteiger partial charge on any atom is 0.218 e. The van der Waals surface area contributed by atoms with Gasteiger partial charge < -0.3 is 13.7 Å². The molecule has 0 unspecified atom stereocenters. The van der Waals surface area contributed by atoms with Gasteiger partial charge in [0.25, 0.3) is 0 Å². The molecule has 3 aromatic heterocycles. The molecule has 0 fully saturated rings. The molecule has 0 amide bonds. The molecule has 0 aliphatic heterocycles. The van der Waals surface area contributed by atoms with Crippen LogP contribution in [-0.2, 0) is 0 Å². The summed E-state index contributed by atoms with van der Waals surface area (Å²) >= 11 is 0. The molecule has 11 rings (SSSR count). The highest BCUT2D eigenvalue weighted by atomic mass is 15.1. The van der Waals surface area contributed by atoms with Gasteiger partial charge in [-0.25, -0.2) is 4.85 Å². The summed E-state index contributed by atoms with van der Waals surface area (Å²) in [6.45, 7) is 16.5. The lowest BCUT2D eigenvalue weighted by Gasteiger charge is -2.19. The van der Waals surface area contributed by atoms with E-state index in [1.54, 1.807) is 6.07 Å². The van der Waals surface area contributed by atoms with Crippen LogP contribution in [0.5, 0.6) is 0 Å². The van der Waals surface area contributed by atoms with E-state index in [9.17, 15) is 5.26 Å². The highest BCUT2D eigenvalue weighted by Gasteiger charge is 2.25. The average molecular weight is 725 g/mol. The fourth-order valence-corrected chi connectivity index (χ4v) is 8.97. The number of nitrogens with zero attached hydrogens (tertiary/aromatic N) is 6. The van der Waals surface area contributed by atoms with Crippen molar-refractivity contribution in [1.29, 1.82) is 5.26 Å². The Labute approximate surface area is 327 Å². The van der Waals surface area contributed by atoms with Crippen LogP contribution in [0.4, 0.5) is 11.4 Å². The van der Waals surface area contributed by atoms with Crippen LogP contribution in [0.25, 0.3) is 103 Å². The van der Waals surface area contributed by atoms with E-state index in [2.05, 4.69) is 139 Å². The quantitative estimate of drug-likeness (QED) is 0.167. The highest BCUT2D eigenvalue weighted by Crippen LogP contribution is 2.47. The second-order valence-electron chi connectivity index (χ2n) is 14.2. The summed E-state index contributed by atoms with van der Waals surface area (Å²) in [7, 11) is 0. The van der Waals surface area contributed by atoms with Crippen LogP contribution in [0, 0.1) is 24.5 Å². The largest absolute Gasteiger partial charge is 0.320 e. The molecule has 0 bridgehead atoms. The molecule has 0 radical (unpaired) electrons. The molecule has 0 saturated carbocycles. The first-order chi connectivity index (χ1) is 28.2. The predicted molar refractivity (Wildman–Crippen MR) is 232 cm³/mol. The smallest absolute Gasteiger partial charge is 0.218 e. The fourth-order valence-electron chi connectivity index (χ4n) is 8.97. The van der Waals surface area contributed by atoms with Gasteiger partial charge in [0.05, 0.1) is 57.5 Å². The summed E-state index contributed by atoms with van der Waals surface area (Å²) in [5.74, 6) is 0. The Kier molecular flexibility index (Phi) is 6.95. The molecule has 0 aliphatic carbocycles. The number of rotatable bonds is 4. The molecule has 11 aromatic rings. The number of hydrogen-bond acceptors (Lipinski definition) is 1. The Morgan fingerprint density at radius 2 is 0.965 bits per heavy atom. The van der Waals surface area contributed by atoms with Crippen LogP contribution >= 0.6 is 0 Å². The van der Waals surface area contributed by atoms with Crippen molar-refractivity contribution in [2.24, 2.45) is 0 Å². The van der Waals surface area contributed by atoms with Gasteiger partial charge in [-0.1, -0.05) is 121 Å². The van der Waals surface area contributed by atoms with Gasteiger partial charge in [-0.2, -0.15) is 5.26 Å². The zero-order valence-corrected chi connectivity index (χ0v) is 30.3. The Morgan fingerprint density at radius 1 is 0.456 bits per heavy atom. The van der Waals surface area contributed by atoms with E-state index < -0.39 is 0 Å². The fraction of sp³-hybridized carbons (Fsp3) is 0. The van der Waals surface area contributed by atoms with Crippen molar-refractivity contribution in [3.05, 3.63) is 198 Å². The second-order valence-corrected chi connectivity index (χ2v) is 14.2. The molecular formula is C51H28N6. The Balaban J connectivity index is 1.28. The van der Waals surface area contributed by atoms with E-state index in [-0.39, 0.29) is 11.4 Å². The molecule has 6 nitrogen and oxygen atoms in total. The Hall–Kier alpha value is -8.37. The van der Waals surface area contributed by atoms with Crippen molar-refractivity contribution in [2.75, 3.05) is 0 Å². The molecule has 0 N–H and O–H groups in total. The zero-order valence-electron chi connectivity index (χ0n) is 30.3. The number of aromatic nitrogens is 3. The van der Waals surface area contributed by atoms with Crippen molar-refractivity contribution in [3.63, 3.8) is 0 Å². The summed E-state index contributed by atoms with van der Waals surface area (Å²) in [6, 6.07) is 60.3. The van der Waals surface area contributed by atoms with Crippen LogP contribution < -0.4 is 0 Å². The molecular weight excluding hydrogens is 697 g/mol. The third-order valence-corrected chi connectivity index (χ3v) is 11.3. The summed E-state index contributed by atoms with van der Waals surface area (Å²) in [5, 5.41) is 17.4. The number of benzene rings is 8. The van der Waals surface area contributed by atoms with Gasteiger partial charge in [-0.05, 0) is 59.7 Å². The monoisotopic (exact) mass is 724 g/mol. The molecule has 0 saturated heterocycles. The van der Waals surface area contributed by atoms with Gasteiger partial charge in [-0.15, -0.1) is 0 Å². The molecule has 57 heavy (non-hydrogen) atoms. The summed E-state index contributed by atoms with van der Waals surface area (Å²) < 4.78 is 6.71. The van der Waals surface area contributed by atoms with Gasteiger partial charge in [0.1, 0.15) is 6.07 Å². The maximum atomic E-state index is 10.8. The molecule has 8 aromatic carbocycles. The molecule has 0 aliphatic rings. The normalized spacial score (nSPS) is 11.5. The number of hydrogen-bond donors (Lipinski definition) is 0. The van der Waals surface area contributed by atoms with E-state index in [0.29, 0.717) is 11.3 Å². The number of fused-ring (bicyclic) bond motifs is 10. The summed E-state index contributed by atoms with van der Waals surface area (Å²) in [5.41, 5.74) is 11.1. The van der Waals surface area contributed by atoms with Gasteiger partial charge in [0.15, 0.2) is 5.69 Å². The summed E-state index contributed by atoms with van der Waals surface area (Å²) in [4.78, 5) is 7.85. The van der Waals surface area contributed by atoms with Crippen LogP contribution in [-0.4, -0.2) is 13.7 Å². The standard InChI is InChI=1S/C51H28N6/c1-53-42-29-28-35(49(48(42)54-2)56-44-21-11-6-16-36(44)37-17-7-12-22-45(37)56)32-24-25-33(31-52)47(30-32)57-46-23-13-9-19-39(46)41-27-26-40-38-18-8-10-20-43(38)55(50(40)51(41)57)34-14-4-3-5-15-34/h3-30H. The lowest BCUT2D eigenvalue weighted by molar-refractivity contribution is 1.14. The van der Waals surface area contributed by atoms with Crippen molar-refractivity contribution >= 4 is 76.8 Å². The van der Waals surface area contributed by atoms with E-state index in [1.165, 1.54) is 0 Å². The van der Waals surface area contributed by atoms with Crippen molar-refractivity contribution in [1.82, 2.24) is 13.7 Å². The lowest BCUT2D eigenvalue weighted by Crippen LogP contribution is -2.02. The van der Waals surface area contributed by atoms with Crippen molar-refractivity contribution in [3.8, 4) is 34.3 Å². The molecule has 3 heterocycles. The van der Waals surface area contributed by atoms with Crippen molar-refractivity contribution < 1.29 is 0 Å². The second kappa shape index (κ2) is 12.3. The van der Waals surface area contributed by atoms with E-state index in [4.69, 9.17) is 13.1 Å². The predicted octanol–water partition coefficient (Wildman–Crippen LogP) is 13.6. The third kappa shape index (κ3) is 4.49. The first-order valence-electron chi connectivity index (χ1n) is 18.7. The van der Waals surface area contributed by atoms with Crippen LogP contribution in [0.3, 0.4) is 0 Å². The van der Waals surface area contributed by atoms with E-state index in [0.717, 1.165) is 87.9 Å². The maximum absolute atomic E-state index is 10.8. The average Bonchev–Trinajstić information content (AvgIpc) is 3.92. The van der Waals surface area contributed by atoms with Crippen LogP contribution in [0.1, 0.15) is 5.56 Å². The van der Waals surface area contributed by atoms with Crippen LogP contribution in [0.15, 0.2) is 170 Å². The molecule has 0 spiro atoms. The SMILES string of the molecule is [C-]#[N+]c1ccc(-c2ccc(C#N)c(-n3c4ccccc4c4ccc5c6ccccc6n(-c6ccccc6)c5c43)c2)c(-n2c3ccccc3c3ccccc32)c1[N+]#[C-]. The molecule has 6 heteroatoms. The zero-order chi connectivity index (χ0) is 38.2. The number of nitriles is 1. The lowest BCUT2D eigenvalue weighted by atomic mass is 9.98. The third-order valence-electron chi connectivity index (χ3n) is 11.3. The van der Waals surface area contributed by atoms with Crippen molar-refractivity contribution in [2.45, 2.75) is 0 Å². The van der Waals surface area contributed by atoms with Gasteiger partial charge in [-0.3, -0.25) is 4.85 Å². The van der Waals surface area contributed by atoms with Gasteiger partial charge in [0.2, 0.25) is 5.69 Å². The Morgan fingerprint density at radius 3 is 1.53 bits per heavy atom.